The maximum Gasteiger partial charge on any atom is 0.308 e. The van der Waals surface area contributed by atoms with Crippen molar-refractivity contribution in [1.29, 1.82) is 0 Å². The van der Waals surface area contributed by atoms with Crippen LogP contribution in [0, 0.1) is 5.92 Å². The molecule has 1 aromatic rings. The van der Waals surface area contributed by atoms with Crippen LogP contribution in [-0.2, 0) is 9.53 Å². The predicted octanol–water partition coefficient (Wildman–Crippen LogP) is 2.53. The molecule has 3 N–H and O–H groups in total. The third-order valence-electron chi connectivity index (χ3n) is 4.21. The Kier molecular flexibility index (Phi) is 7.52. The van der Waals surface area contributed by atoms with Crippen LogP contribution in [0.15, 0.2) is 18.2 Å². The van der Waals surface area contributed by atoms with Crippen molar-refractivity contribution in [1.82, 2.24) is 5.32 Å². The Balaban J connectivity index is 1.88. The lowest BCUT2D eigenvalue weighted by atomic mass is 9.87. The van der Waals surface area contributed by atoms with Crippen LogP contribution in [-0.4, -0.2) is 37.7 Å². The number of nitrogens with two attached hydrogens (primary N) is 1. The fraction of sp³-hybridized carbons (Fsp3) is 0.556. The Hall–Kier alpha value is -1.79. The first-order valence-electron chi connectivity index (χ1n) is 8.66. The van der Waals surface area contributed by atoms with Gasteiger partial charge in [-0.15, -0.1) is 0 Å². The van der Waals surface area contributed by atoms with Gasteiger partial charge in [-0.25, -0.2) is 0 Å². The summed E-state index contributed by atoms with van der Waals surface area (Å²) in [7, 11) is 0. The Morgan fingerprint density at radius 3 is 2.60 bits per heavy atom. The summed E-state index contributed by atoms with van der Waals surface area (Å²) in [4.78, 5) is 23.7. The highest BCUT2D eigenvalue weighted by Gasteiger charge is 2.28. The van der Waals surface area contributed by atoms with Crippen LogP contribution in [0.5, 0.6) is 5.75 Å². The molecule has 1 amide bonds. The topological polar surface area (TPSA) is 90.6 Å². The van der Waals surface area contributed by atoms with Gasteiger partial charge in [-0.3, -0.25) is 9.59 Å². The standard InChI is InChI=1S/C18H25ClN2O4/c1-2-24-18(23)12-3-5-13(6-4-12)25-14-7-8-15(16(19)11-14)17(22)21-10-9-20/h7-8,11-13H,2-6,9-10,20H2,1H3,(H,21,22)/t12-,13+. The van der Waals surface area contributed by atoms with E-state index < -0.39 is 0 Å². The Labute approximate surface area is 153 Å². The lowest BCUT2D eigenvalue weighted by Gasteiger charge is -2.27. The number of ether oxygens (including phenoxy) is 2. The number of esters is 1. The quantitative estimate of drug-likeness (QED) is 0.722. The van der Waals surface area contributed by atoms with Gasteiger partial charge in [0.1, 0.15) is 5.75 Å². The third kappa shape index (κ3) is 5.61. The average molecular weight is 369 g/mol. The molecule has 25 heavy (non-hydrogen) atoms. The number of hydrogen-bond donors (Lipinski definition) is 2. The van der Waals surface area contributed by atoms with Crippen LogP contribution < -0.4 is 15.8 Å². The van der Waals surface area contributed by atoms with E-state index >= 15 is 0 Å². The zero-order valence-electron chi connectivity index (χ0n) is 14.4. The lowest BCUT2D eigenvalue weighted by Crippen LogP contribution is -2.29. The van der Waals surface area contributed by atoms with Crippen LogP contribution >= 0.6 is 11.6 Å². The molecular formula is C18H25ClN2O4. The highest BCUT2D eigenvalue weighted by Crippen LogP contribution is 2.30. The zero-order valence-corrected chi connectivity index (χ0v) is 15.2. The summed E-state index contributed by atoms with van der Waals surface area (Å²) in [5.41, 5.74) is 5.77. The van der Waals surface area contributed by atoms with E-state index in [-0.39, 0.29) is 23.9 Å². The van der Waals surface area contributed by atoms with Crippen molar-refractivity contribution in [2.75, 3.05) is 19.7 Å². The van der Waals surface area contributed by atoms with Crippen LogP contribution in [0.3, 0.4) is 0 Å². The molecule has 6 nitrogen and oxygen atoms in total. The van der Waals surface area contributed by atoms with Gasteiger partial charge in [-0.05, 0) is 50.8 Å². The first kappa shape index (κ1) is 19.5. The highest BCUT2D eigenvalue weighted by molar-refractivity contribution is 6.34. The number of amides is 1. The third-order valence-corrected chi connectivity index (χ3v) is 4.52. The molecule has 138 valence electrons. The average Bonchev–Trinajstić information content (AvgIpc) is 2.60. The van der Waals surface area contributed by atoms with Crippen molar-refractivity contribution in [2.45, 2.75) is 38.7 Å². The van der Waals surface area contributed by atoms with Crippen molar-refractivity contribution in [2.24, 2.45) is 11.7 Å². The molecule has 0 aliphatic heterocycles. The van der Waals surface area contributed by atoms with Crippen LogP contribution in [0.2, 0.25) is 5.02 Å². The monoisotopic (exact) mass is 368 g/mol. The summed E-state index contributed by atoms with van der Waals surface area (Å²) in [6.07, 6.45) is 3.14. The number of carbonyl (C=O) groups is 2. The van der Waals surface area contributed by atoms with Crippen LogP contribution in [0.1, 0.15) is 43.0 Å². The molecule has 0 bridgehead atoms. The normalized spacial score (nSPS) is 20.0. The van der Waals surface area contributed by atoms with Crippen molar-refractivity contribution in [3.63, 3.8) is 0 Å². The van der Waals surface area contributed by atoms with E-state index in [2.05, 4.69) is 5.32 Å². The minimum Gasteiger partial charge on any atom is -0.490 e. The van der Waals surface area contributed by atoms with Gasteiger partial charge >= 0.3 is 5.97 Å². The fourth-order valence-corrected chi connectivity index (χ4v) is 3.16. The number of nitrogens with one attached hydrogen (secondary N) is 1. The molecule has 2 rings (SSSR count). The molecular weight excluding hydrogens is 344 g/mol. The van der Waals surface area contributed by atoms with Crippen LogP contribution in [0.25, 0.3) is 0 Å². The molecule has 7 heteroatoms. The number of hydrogen-bond acceptors (Lipinski definition) is 5. The van der Waals surface area contributed by atoms with Crippen molar-refractivity contribution in [3.05, 3.63) is 28.8 Å². The van der Waals surface area contributed by atoms with Gasteiger partial charge in [-0.2, -0.15) is 0 Å². The molecule has 0 unspecified atom stereocenters. The van der Waals surface area contributed by atoms with E-state index in [1.165, 1.54) is 0 Å². The maximum atomic E-state index is 11.9. The van der Waals surface area contributed by atoms with E-state index in [0.717, 1.165) is 25.7 Å². The molecule has 0 heterocycles. The molecule has 1 aromatic carbocycles. The molecule has 0 saturated heterocycles. The first-order chi connectivity index (χ1) is 12.0. The highest BCUT2D eigenvalue weighted by atomic mass is 35.5. The minimum atomic E-state index is -0.253. The van der Waals surface area contributed by atoms with E-state index in [0.29, 0.717) is 36.0 Å². The second-order valence-electron chi connectivity index (χ2n) is 6.03. The molecule has 1 aliphatic carbocycles. The van der Waals surface area contributed by atoms with Crippen LogP contribution in [0.4, 0.5) is 0 Å². The molecule has 0 aromatic heterocycles. The number of benzene rings is 1. The van der Waals surface area contributed by atoms with Gasteiger partial charge in [0.15, 0.2) is 0 Å². The van der Waals surface area contributed by atoms with Crippen molar-refractivity contribution >= 4 is 23.5 Å². The fourth-order valence-electron chi connectivity index (χ4n) is 2.90. The molecule has 1 aliphatic rings. The van der Waals surface area contributed by atoms with Crippen molar-refractivity contribution in [3.8, 4) is 5.75 Å². The number of halogens is 1. The first-order valence-corrected chi connectivity index (χ1v) is 9.04. The molecule has 0 spiro atoms. The smallest absolute Gasteiger partial charge is 0.308 e. The number of rotatable bonds is 7. The molecule has 1 fully saturated rings. The Bertz CT molecular complexity index is 601. The van der Waals surface area contributed by atoms with Gasteiger partial charge in [0, 0.05) is 13.1 Å². The second-order valence-corrected chi connectivity index (χ2v) is 6.44. The summed E-state index contributed by atoms with van der Waals surface area (Å²) in [5, 5.41) is 3.02. The van der Waals surface area contributed by atoms with E-state index in [4.69, 9.17) is 26.8 Å². The Morgan fingerprint density at radius 2 is 2.00 bits per heavy atom. The molecule has 1 saturated carbocycles. The van der Waals surface area contributed by atoms with E-state index in [9.17, 15) is 9.59 Å². The zero-order chi connectivity index (χ0) is 18.2. The lowest BCUT2D eigenvalue weighted by molar-refractivity contribution is -0.149. The molecule has 0 radical (unpaired) electrons. The maximum absolute atomic E-state index is 11.9. The largest absolute Gasteiger partial charge is 0.490 e. The van der Waals surface area contributed by atoms with Gasteiger partial charge in [0.05, 0.1) is 29.2 Å². The summed E-state index contributed by atoms with van der Waals surface area (Å²) in [6.45, 7) is 3.01. The van der Waals surface area contributed by atoms with E-state index in [1.807, 2.05) is 6.92 Å². The van der Waals surface area contributed by atoms with E-state index in [1.54, 1.807) is 18.2 Å². The summed E-state index contributed by atoms with van der Waals surface area (Å²) < 4.78 is 11.0. The van der Waals surface area contributed by atoms with Gasteiger partial charge in [0.2, 0.25) is 0 Å². The Morgan fingerprint density at radius 1 is 1.28 bits per heavy atom. The second kappa shape index (κ2) is 9.63. The van der Waals surface area contributed by atoms with Gasteiger partial charge in [0.25, 0.3) is 5.91 Å². The SMILES string of the molecule is CCOC(=O)[C@H]1CC[C@@H](Oc2ccc(C(=O)NCCN)c(Cl)c2)CC1. The predicted molar refractivity (Wildman–Crippen MR) is 95.8 cm³/mol. The van der Waals surface area contributed by atoms with Crippen molar-refractivity contribution < 1.29 is 19.1 Å². The molecule has 0 atom stereocenters. The summed E-state index contributed by atoms with van der Waals surface area (Å²) in [6, 6.07) is 5.03. The summed E-state index contributed by atoms with van der Waals surface area (Å²) in [5.74, 6) is 0.228. The summed E-state index contributed by atoms with van der Waals surface area (Å²) >= 11 is 6.19. The van der Waals surface area contributed by atoms with Gasteiger partial charge < -0.3 is 20.5 Å². The minimum absolute atomic E-state index is 0.0306. The van der Waals surface area contributed by atoms with Gasteiger partial charge in [-0.1, -0.05) is 11.6 Å². The number of carbonyl (C=O) groups excluding carboxylic acids is 2.